The third-order valence-electron chi connectivity index (χ3n) is 2.76. The zero-order chi connectivity index (χ0) is 9.42. The molecular weight excluding hydrogens is 170 g/mol. The Morgan fingerprint density at radius 2 is 1.69 bits per heavy atom. The van der Waals surface area contributed by atoms with Gasteiger partial charge < -0.3 is 0 Å². The maximum absolute atomic E-state index is 13.3. The lowest BCUT2D eigenvalue weighted by Crippen LogP contribution is -2.09. The maximum Gasteiger partial charge on any atom is 0.162 e. The Hall–Kier alpha value is -0.920. The molecule has 1 aromatic carbocycles. The van der Waals surface area contributed by atoms with Gasteiger partial charge in [0.05, 0.1) is 0 Å². The molecule has 0 heterocycles. The van der Waals surface area contributed by atoms with Gasteiger partial charge in [-0.05, 0) is 55.4 Å². The van der Waals surface area contributed by atoms with Gasteiger partial charge in [-0.3, -0.25) is 0 Å². The molecule has 1 aromatic rings. The quantitative estimate of drug-likeness (QED) is 0.578. The highest BCUT2D eigenvalue weighted by molar-refractivity contribution is 5.37. The lowest BCUT2D eigenvalue weighted by atomic mass is 9.88. The first-order valence-corrected chi connectivity index (χ1v) is 4.66. The first kappa shape index (κ1) is 8.67. The van der Waals surface area contributed by atoms with Crippen molar-refractivity contribution in [2.45, 2.75) is 32.6 Å². The SMILES string of the molecule is Cc1cc(F)c(F)c2c1CCCC2. The van der Waals surface area contributed by atoms with Crippen LogP contribution in [0.1, 0.15) is 29.5 Å². The van der Waals surface area contributed by atoms with Crippen LogP contribution in [0.4, 0.5) is 8.78 Å². The molecule has 0 bridgehead atoms. The number of benzene rings is 1. The van der Waals surface area contributed by atoms with Gasteiger partial charge in [-0.1, -0.05) is 0 Å². The minimum absolute atomic E-state index is 0.615. The van der Waals surface area contributed by atoms with E-state index < -0.39 is 11.6 Å². The van der Waals surface area contributed by atoms with E-state index in [9.17, 15) is 8.78 Å². The second kappa shape index (κ2) is 3.09. The van der Waals surface area contributed by atoms with Crippen LogP contribution >= 0.6 is 0 Å². The first-order valence-electron chi connectivity index (χ1n) is 4.66. The summed E-state index contributed by atoms with van der Waals surface area (Å²) in [4.78, 5) is 0. The van der Waals surface area contributed by atoms with Gasteiger partial charge in [0.15, 0.2) is 11.6 Å². The Kier molecular flexibility index (Phi) is 2.06. The van der Waals surface area contributed by atoms with Crippen molar-refractivity contribution in [1.29, 1.82) is 0 Å². The van der Waals surface area contributed by atoms with E-state index >= 15 is 0 Å². The first-order chi connectivity index (χ1) is 6.20. The van der Waals surface area contributed by atoms with Gasteiger partial charge in [0.25, 0.3) is 0 Å². The number of aryl methyl sites for hydroxylation is 1. The minimum Gasteiger partial charge on any atom is -0.204 e. The summed E-state index contributed by atoms with van der Waals surface area (Å²) >= 11 is 0. The molecule has 0 N–H and O–H groups in total. The van der Waals surface area contributed by atoms with Crippen molar-refractivity contribution in [2.75, 3.05) is 0 Å². The number of halogens is 2. The van der Waals surface area contributed by atoms with E-state index in [4.69, 9.17) is 0 Å². The highest BCUT2D eigenvalue weighted by Crippen LogP contribution is 2.28. The second-order valence-corrected chi connectivity index (χ2v) is 3.65. The lowest BCUT2D eigenvalue weighted by molar-refractivity contribution is 0.486. The maximum atomic E-state index is 13.3. The number of hydrogen-bond acceptors (Lipinski definition) is 0. The van der Waals surface area contributed by atoms with Crippen LogP contribution < -0.4 is 0 Å². The fraction of sp³-hybridized carbons (Fsp3) is 0.455. The molecule has 0 atom stereocenters. The Labute approximate surface area is 76.6 Å². The molecule has 0 saturated carbocycles. The summed E-state index contributed by atoms with van der Waals surface area (Å²) in [6.07, 6.45) is 3.67. The molecule has 1 aliphatic carbocycles. The molecule has 13 heavy (non-hydrogen) atoms. The van der Waals surface area contributed by atoms with Gasteiger partial charge in [-0.2, -0.15) is 0 Å². The average molecular weight is 182 g/mol. The molecule has 0 saturated heterocycles. The highest BCUT2D eigenvalue weighted by atomic mass is 19.2. The predicted molar refractivity (Wildman–Crippen MR) is 47.7 cm³/mol. The molecule has 0 aliphatic heterocycles. The molecule has 70 valence electrons. The van der Waals surface area contributed by atoms with Crippen LogP contribution in [-0.4, -0.2) is 0 Å². The molecule has 0 radical (unpaired) electrons. The third kappa shape index (κ3) is 1.34. The fourth-order valence-corrected chi connectivity index (χ4v) is 2.07. The molecule has 0 nitrogen and oxygen atoms in total. The molecule has 2 rings (SSSR count). The normalized spacial score (nSPS) is 15.6. The second-order valence-electron chi connectivity index (χ2n) is 3.65. The Morgan fingerprint density at radius 1 is 1.08 bits per heavy atom. The summed E-state index contributed by atoms with van der Waals surface area (Å²) in [5, 5.41) is 0. The monoisotopic (exact) mass is 182 g/mol. The smallest absolute Gasteiger partial charge is 0.162 e. The molecule has 1 aliphatic rings. The largest absolute Gasteiger partial charge is 0.204 e. The number of hydrogen-bond donors (Lipinski definition) is 0. The highest BCUT2D eigenvalue weighted by Gasteiger charge is 2.18. The average Bonchev–Trinajstić information content (AvgIpc) is 2.15. The summed E-state index contributed by atoms with van der Waals surface area (Å²) < 4.78 is 26.3. The van der Waals surface area contributed by atoms with Crippen LogP contribution in [0.2, 0.25) is 0 Å². The molecule has 0 spiro atoms. The predicted octanol–water partition coefficient (Wildman–Crippen LogP) is 3.15. The van der Waals surface area contributed by atoms with Crippen molar-refractivity contribution in [2.24, 2.45) is 0 Å². The lowest BCUT2D eigenvalue weighted by Gasteiger charge is -2.18. The number of rotatable bonds is 0. The van der Waals surface area contributed by atoms with Gasteiger partial charge in [-0.15, -0.1) is 0 Å². The minimum atomic E-state index is -0.696. The Bertz CT molecular complexity index is 342. The van der Waals surface area contributed by atoms with E-state index in [1.54, 1.807) is 0 Å². The van der Waals surface area contributed by atoms with Crippen LogP contribution in [0.5, 0.6) is 0 Å². The van der Waals surface area contributed by atoms with E-state index in [1.807, 2.05) is 6.92 Å². The standard InChI is InChI=1S/C11H12F2/c1-7-6-10(12)11(13)9-5-3-2-4-8(7)9/h6H,2-5H2,1H3. The summed E-state index contributed by atoms with van der Waals surface area (Å²) in [7, 11) is 0. The topological polar surface area (TPSA) is 0 Å². The van der Waals surface area contributed by atoms with E-state index in [0.717, 1.165) is 30.4 Å². The van der Waals surface area contributed by atoms with Crippen LogP contribution in [0.15, 0.2) is 6.07 Å². The van der Waals surface area contributed by atoms with Crippen molar-refractivity contribution in [3.05, 3.63) is 34.4 Å². The number of fused-ring (bicyclic) bond motifs is 1. The van der Waals surface area contributed by atoms with E-state index in [1.165, 1.54) is 6.07 Å². The van der Waals surface area contributed by atoms with E-state index in [-0.39, 0.29) is 0 Å². The van der Waals surface area contributed by atoms with Crippen molar-refractivity contribution >= 4 is 0 Å². The van der Waals surface area contributed by atoms with Gasteiger partial charge in [0.1, 0.15) is 0 Å². The zero-order valence-electron chi connectivity index (χ0n) is 7.66. The van der Waals surface area contributed by atoms with Crippen molar-refractivity contribution in [3.63, 3.8) is 0 Å². The van der Waals surface area contributed by atoms with Crippen LogP contribution in [0, 0.1) is 18.6 Å². The van der Waals surface area contributed by atoms with Gasteiger partial charge >= 0.3 is 0 Å². The summed E-state index contributed by atoms with van der Waals surface area (Å²) in [6, 6.07) is 1.31. The molecular formula is C11H12F2. The van der Waals surface area contributed by atoms with Crippen LogP contribution in [0.3, 0.4) is 0 Å². The third-order valence-corrected chi connectivity index (χ3v) is 2.76. The Balaban J connectivity index is 2.63. The Morgan fingerprint density at radius 3 is 2.38 bits per heavy atom. The van der Waals surface area contributed by atoms with Gasteiger partial charge in [0, 0.05) is 0 Å². The zero-order valence-corrected chi connectivity index (χ0v) is 7.66. The van der Waals surface area contributed by atoms with Crippen LogP contribution in [-0.2, 0) is 12.8 Å². The summed E-state index contributed by atoms with van der Waals surface area (Å²) in [5.74, 6) is -1.32. The molecule has 0 amide bonds. The molecule has 0 fully saturated rings. The van der Waals surface area contributed by atoms with E-state index in [0.29, 0.717) is 12.0 Å². The van der Waals surface area contributed by atoms with Crippen molar-refractivity contribution in [3.8, 4) is 0 Å². The fourth-order valence-electron chi connectivity index (χ4n) is 2.07. The molecule has 2 heteroatoms. The van der Waals surface area contributed by atoms with Crippen molar-refractivity contribution < 1.29 is 8.78 Å². The van der Waals surface area contributed by atoms with Gasteiger partial charge in [-0.25, -0.2) is 8.78 Å². The summed E-state index contributed by atoms with van der Waals surface area (Å²) in [6.45, 7) is 1.85. The molecule has 0 aromatic heterocycles. The molecule has 0 unspecified atom stereocenters. The van der Waals surface area contributed by atoms with E-state index in [2.05, 4.69) is 0 Å². The van der Waals surface area contributed by atoms with Gasteiger partial charge in [0.2, 0.25) is 0 Å². The summed E-state index contributed by atoms with van der Waals surface area (Å²) in [5.41, 5.74) is 2.54. The van der Waals surface area contributed by atoms with Crippen molar-refractivity contribution in [1.82, 2.24) is 0 Å². The van der Waals surface area contributed by atoms with Crippen LogP contribution in [0.25, 0.3) is 0 Å².